The number of benzene rings is 1. The van der Waals surface area contributed by atoms with Crippen molar-refractivity contribution in [2.24, 2.45) is 5.84 Å². The van der Waals surface area contributed by atoms with Gasteiger partial charge in [-0.15, -0.1) is 0 Å². The highest BCUT2D eigenvalue weighted by atomic mass is 19.1. The van der Waals surface area contributed by atoms with Crippen LogP contribution in [-0.2, 0) is 0 Å². The minimum absolute atomic E-state index is 0.317. The number of hydrazine groups is 1. The van der Waals surface area contributed by atoms with E-state index < -0.39 is 0 Å². The largest absolute Gasteiger partial charge is 0.308 e. The van der Waals surface area contributed by atoms with Crippen LogP contribution in [-0.4, -0.2) is 9.97 Å². The molecule has 0 unspecified atom stereocenters. The number of nitrogens with two attached hydrogens (primary N) is 1. The minimum Gasteiger partial charge on any atom is -0.308 e. The predicted molar refractivity (Wildman–Crippen MR) is 55.2 cm³/mol. The highest BCUT2D eigenvalue weighted by Gasteiger charge is 2.02. The topological polar surface area (TPSA) is 63.8 Å². The van der Waals surface area contributed by atoms with Crippen LogP contribution in [0.1, 0.15) is 0 Å². The first kappa shape index (κ1) is 9.54. The number of anilines is 1. The summed E-state index contributed by atoms with van der Waals surface area (Å²) in [6, 6.07) is 7.71. The molecule has 2 rings (SSSR count). The summed E-state index contributed by atoms with van der Waals surface area (Å²) in [5.41, 5.74) is 3.02. The monoisotopic (exact) mass is 204 g/mol. The molecule has 3 N–H and O–H groups in total. The van der Waals surface area contributed by atoms with Crippen molar-refractivity contribution < 1.29 is 4.39 Å². The summed E-state index contributed by atoms with van der Waals surface area (Å²) < 4.78 is 12.9. The number of hydrogen-bond acceptors (Lipinski definition) is 4. The molecule has 2 aromatic rings. The molecule has 1 heterocycles. The van der Waals surface area contributed by atoms with E-state index in [1.54, 1.807) is 24.4 Å². The Labute approximate surface area is 86.0 Å². The van der Waals surface area contributed by atoms with Crippen LogP contribution in [0.15, 0.2) is 36.5 Å². The SMILES string of the molecule is NNc1ccnc(-c2cccc(F)c2)n1. The van der Waals surface area contributed by atoms with Gasteiger partial charge in [-0.05, 0) is 12.1 Å². The van der Waals surface area contributed by atoms with Crippen LogP contribution in [0.4, 0.5) is 10.2 Å². The van der Waals surface area contributed by atoms with Crippen molar-refractivity contribution in [3.05, 3.63) is 42.3 Å². The van der Waals surface area contributed by atoms with Crippen molar-refractivity contribution in [3.8, 4) is 11.4 Å². The molecule has 0 aliphatic rings. The number of nitrogen functional groups attached to an aromatic ring is 1. The van der Waals surface area contributed by atoms with Crippen LogP contribution in [0, 0.1) is 5.82 Å². The summed E-state index contributed by atoms with van der Waals surface area (Å²) >= 11 is 0. The maximum atomic E-state index is 12.9. The van der Waals surface area contributed by atoms with E-state index in [-0.39, 0.29) is 5.82 Å². The number of nitrogens with one attached hydrogen (secondary N) is 1. The van der Waals surface area contributed by atoms with Gasteiger partial charge in [-0.2, -0.15) is 0 Å². The summed E-state index contributed by atoms with van der Waals surface area (Å²) in [7, 11) is 0. The van der Waals surface area contributed by atoms with Crippen molar-refractivity contribution >= 4 is 5.82 Å². The van der Waals surface area contributed by atoms with Crippen LogP contribution in [0.5, 0.6) is 0 Å². The Kier molecular flexibility index (Phi) is 2.55. The van der Waals surface area contributed by atoms with Gasteiger partial charge < -0.3 is 5.43 Å². The second-order valence-corrected chi connectivity index (χ2v) is 2.92. The number of rotatable bonds is 2. The zero-order valence-electron chi connectivity index (χ0n) is 7.81. The lowest BCUT2D eigenvalue weighted by Gasteiger charge is -2.02. The fourth-order valence-corrected chi connectivity index (χ4v) is 1.21. The fourth-order valence-electron chi connectivity index (χ4n) is 1.21. The molecule has 0 radical (unpaired) electrons. The lowest BCUT2D eigenvalue weighted by atomic mass is 10.2. The van der Waals surface area contributed by atoms with E-state index in [1.165, 1.54) is 12.1 Å². The molecule has 0 atom stereocenters. The van der Waals surface area contributed by atoms with Crippen LogP contribution >= 0.6 is 0 Å². The van der Waals surface area contributed by atoms with E-state index >= 15 is 0 Å². The molecule has 1 aromatic heterocycles. The van der Waals surface area contributed by atoms with Crippen LogP contribution < -0.4 is 11.3 Å². The Balaban J connectivity index is 2.44. The van der Waals surface area contributed by atoms with Gasteiger partial charge in [0.25, 0.3) is 0 Å². The summed E-state index contributed by atoms with van der Waals surface area (Å²) in [6.07, 6.45) is 1.56. The van der Waals surface area contributed by atoms with Gasteiger partial charge in [0, 0.05) is 17.8 Å². The standard InChI is InChI=1S/C10H9FN4/c11-8-3-1-2-7(6-8)10-13-5-4-9(14-10)15-12/h1-6H,12H2,(H,13,14,15). The van der Waals surface area contributed by atoms with E-state index in [1.807, 2.05) is 0 Å². The van der Waals surface area contributed by atoms with Gasteiger partial charge >= 0.3 is 0 Å². The van der Waals surface area contributed by atoms with E-state index in [0.717, 1.165) is 0 Å². The zero-order valence-corrected chi connectivity index (χ0v) is 7.81. The molecule has 0 saturated heterocycles. The molecule has 0 aliphatic heterocycles. The molecule has 0 aliphatic carbocycles. The lowest BCUT2D eigenvalue weighted by Crippen LogP contribution is -2.09. The molecule has 0 amide bonds. The second kappa shape index (κ2) is 4.02. The molecule has 0 fully saturated rings. The zero-order chi connectivity index (χ0) is 10.7. The number of nitrogens with zero attached hydrogens (tertiary/aromatic N) is 2. The summed E-state index contributed by atoms with van der Waals surface area (Å²) in [5.74, 6) is 5.82. The van der Waals surface area contributed by atoms with Crippen LogP contribution in [0.25, 0.3) is 11.4 Å². The average Bonchev–Trinajstić information content (AvgIpc) is 2.29. The van der Waals surface area contributed by atoms with Gasteiger partial charge in [0.15, 0.2) is 5.82 Å². The summed E-state index contributed by atoms with van der Waals surface area (Å²) in [5, 5.41) is 0. The van der Waals surface area contributed by atoms with Crippen molar-refractivity contribution in [1.82, 2.24) is 9.97 Å². The van der Waals surface area contributed by atoms with Crippen molar-refractivity contribution in [3.63, 3.8) is 0 Å². The van der Waals surface area contributed by atoms with Crippen molar-refractivity contribution in [2.75, 3.05) is 5.43 Å². The van der Waals surface area contributed by atoms with Crippen LogP contribution in [0.2, 0.25) is 0 Å². The van der Waals surface area contributed by atoms with Gasteiger partial charge in [0.1, 0.15) is 11.6 Å². The molecule has 1 aromatic carbocycles. The maximum Gasteiger partial charge on any atom is 0.161 e. The number of hydrogen-bond donors (Lipinski definition) is 2. The minimum atomic E-state index is -0.317. The number of halogens is 1. The van der Waals surface area contributed by atoms with Gasteiger partial charge in [-0.25, -0.2) is 20.2 Å². The quantitative estimate of drug-likeness (QED) is 0.575. The van der Waals surface area contributed by atoms with Gasteiger partial charge in [0.2, 0.25) is 0 Å². The van der Waals surface area contributed by atoms with Crippen LogP contribution in [0.3, 0.4) is 0 Å². The number of aromatic nitrogens is 2. The van der Waals surface area contributed by atoms with Gasteiger partial charge in [-0.3, -0.25) is 0 Å². The maximum absolute atomic E-state index is 12.9. The first-order chi connectivity index (χ1) is 7.29. The average molecular weight is 204 g/mol. The molecular weight excluding hydrogens is 195 g/mol. The van der Waals surface area contributed by atoms with E-state index in [0.29, 0.717) is 17.2 Å². The van der Waals surface area contributed by atoms with E-state index in [9.17, 15) is 4.39 Å². The Morgan fingerprint density at radius 1 is 1.27 bits per heavy atom. The molecular formula is C10H9FN4. The first-order valence-electron chi connectivity index (χ1n) is 4.35. The first-order valence-corrected chi connectivity index (χ1v) is 4.35. The van der Waals surface area contributed by atoms with E-state index in [2.05, 4.69) is 15.4 Å². The highest BCUT2D eigenvalue weighted by Crippen LogP contribution is 2.16. The summed E-state index contributed by atoms with van der Waals surface area (Å²) in [4.78, 5) is 8.11. The third kappa shape index (κ3) is 2.08. The molecule has 76 valence electrons. The molecule has 4 nitrogen and oxygen atoms in total. The Morgan fingerprint density at radius 2 is 2.13 bits per heavy atom. The highest BCUT2D eigenvalue weighted by molar-refractivity contribution is 5.56. The van der Waals surface area contributed by atoms with Crippen molar-refractivity contribution in [1.29, 1.82) is 0 Å². The van der Waals surface area contributed by atoms with Gasteiger partial charge in [-0.1, -0.05) is 12.1 Å². The normalized spacial score (nSPS) is 10.0. The molecule has 15 heavy (non-hydrogen) atoms. The second-order valence-electron chi connectivity index (χ2n) is 2.92. The van der Waals surface area contributed by atoms with E-state index in [4.69, 9.17) is 5.84 Å². The molecule has 0 spiro atoms. The summed E-state index contributed by atoms with van der Waals surface area (Å²) in [6.45, 7) is 0. The molecule has 5 heteroatoms. The van der Waals surface area contributed by atoms with Gasteiger partial charge in [0.05, 0.1) is 0 Å². The third-order valence-electron chi connectivity index (χ3n) is 1.89. The molecule has 0 bridgehead atoms. The van der Waals surface area contributed by atoms with Crippen molar-refractivity contribution in [2.45, 2.75) is 0 Å². The third-order valence-corrected chi connectivity index (χ3v) is 1.89. The Morgan fingerprint density at radius 3 is 2.87 bits per heavy atom. The Hall–Kier alpha value is -2.01. The Bertz CT molecular complexity index is 472. The lowest BCUT2D eigenvalue weighted by molar-refractivity contribution is 0.628. The molecule has 0 saturated carbocycles. The predicted octanol–water partition coefficient (Wildman–Crippen LogP) is 1.57. The fraction of sp³-hybridized carbons (Fsp3) is 0. The smallest absolute Gasteiger partial charge is 0.161 e.